The molecule has 0 aliphatic carbocycles. The Hall–Kier alpha value is -1.36. The number of fused-ring (bicyclic) bond motifs is 1. The lowest BCUT2D eigenvalue weighted by Crippen LogP contribution is -2.33. The Kier molecular flexibility index (Phi) is 7.44. The molecule has 6 atom stereocenters. The van der Waals surface area contributed by atoms with E-state index in [1.54, 1.807) is 0 Å². The quantitative estimate of drug-likeness (QED) is 0.211. The zero-order valence-electron chi connectivity index (χ0n) is 16.7. The number of nitrogens with one attached hydrogen (secondary N) is 1. The molecule has 0 spiro atoms. The van der Waals surface area contributed by atoms with E-state index in [0.29, 0.717) is 0 Å². The SMILES string of the molecule is COP(=O)(OC[C@H]1O[C@@H](n2cnc3c(=O)[nH]c(C)nc32)[C@@H](O)C1O)OP(=O)(O)OP(=O)(O)O. The highest BCUT2D eigenvalue weighted by Crippen LogP contribution is 2.68. The molecule has 18 nitrogen and oxygen atoms in total. The fraction of sp³-hybridized carbons (Fsp3) is 0.583. The molecule has 0 radical (unpaired) electrons. The van der Waals surface area contributed by atoms with Crippen LogP contribution in [0.25, 0.3) is 11.2 Å². The van der Waals surface area contributed by atoms with Gasteiger partial charge in [-0.05, 0) is 6.92 Å². The fourth-order valence-electron chi connectivity index (χ4n) is 2.87. The molecule has 2 aromatic rings. The Morgan fingerprint density at radius 1 is 1.18 bits per heavy atom. The number of phosphoric acid groups is 3. The van der Waals surface area contributed by atoms with Gasteiger partial charge in [0.05, 0.1) is 12.9 Å². The van der Waals surface area contributed by atoms with Crippen molar-refractivity contribution >= 4 is 34.6 Å². The van der Waals surface area contributed by atoms with E-state index >= 15 is 0 Å². The summed E-state index contributed by atoms with van der Waals surface area (Å²) in [7, 11) is -15.4. The van der Waals surface area contributed by atoms with E-state index in [1.165, 1.54) is 11.5 Å². The molecule has 1 fully saturated rings. The van der Waals surface area contributed by atoms with E-state index in [0.717, 1.165) is 13.4 Å². The van der Waals surface area contributed by atoms with E-state index < -0.39 is 60.2 Å². The molecule has 3 unspecified atom stereocenters. The van der Waals surface area contributed by atoms with Crippen molar-refractivity contribution in [2.24, 2.45) is 0 Å². The molecular weight excluding hydrogens is 517 g/mol. The van der Waals surface area contributed by atoms with E-state index in [-0.39, 0.29) is 17.0 Å². The first kappa shape index (κ1) is 26.2. The number of imidazole rings is 1. The minimum atomic E-state index is -5.61. The van der Waals surface area contributed by atoms with Crippen LogP contribution in [-0.4, -0.2) is 76.4 Å². The maximum Gasteiger partial charge on any atom is 0.490 e. The first-order chi connectivity index (χ1) is 15.1. The number of phosphoric ester groups is 1. The minimum absolute atomic E-state index is 0.0377. The number of rotatable bonds is 9. The second kappa shape index (κ2) is 9.36. The van der Waals surface area contributed by atoms with Crippen LogP contribution in [0.2, 0.25) is 0 Å². The Morgan fingerprint density at radius 3 is 2.45 bits per heavy atom. The van der Waals surface area contributed by atoms with Crippen LogP contribution in [0.3, 0.4) is 0 Å². The van der Waals surface area contributed by atoms with Crippen LogP contribution < -0.4 is 5.56 Å². The number of hydrogen-bond acceptors (Lipinski definition) is 13. The molecule has 33 heavy (non-hydrogen) atoms. The zero-order valence-corrected chi connectivity index (χ0v) is 19.4. The third-order valence-corrected chi connectivity index (χ3v) is 8.41. The summed E-state index contributed by atoms with van der Waals surface area (Å²) in [5.41, 5.74) is -0.573. The number of aryl methyl sites for hydroxylation is 1. The summed E-state index contributed by atoms with van der Waals surface area (Å²) in [6, 6.07) is 0. The van der Waals surface area contributed by atoms with Gasteiger partial charge in [-0.15, -0.1) is 0 Å². The van der Waals surface area contributed by atoms with Gasteiger partial charge < -0.3 is 34.6 Å². The number of aliphatic hydroxyl groups is 2. The first-order valence-electron chi connectivity index (χ1n) is 8.71. The summed E-state index contributed by atoms with van der Waals surface area (Å²) in [6.45, 7) is 0.656. The second-order valence-corrected chi connectivity index (χ2v) is 11.3. The third-order valence-electron chi connectivity index (χ3n) is 4.20. The predicted octanol–water partition coefficient (Wildman–Crippen LogP) is -0.955. The van der Waals surface area contributed by atoms with Gasteiger partial charge in [0.1, 0.15) is 24.1 Å². The van der Waals surface area contributed by atoms with Crippen molar-refractivity contribution in [2.45, 2.75) is 31.5 Å². The number of hydrogen-bond donors (Lipinski definition) is 6. The highest BCUT2D eigenvalue weighted by atomic mass is 31.3. The monoisotopic (exact) mass is 536 g/mol. The molecule has 186 valence electrons. The Bertz CT molecular complexity index is 1220. The molecular formula is C12H19N4O14P3. The van der Waals surface area contributed by atoms with Gasteiger partial charge in [-0.25, -0.2) is 23.7 Å². The summed E-state index contributed by atoms with van der Waals surface area (Å²) in [5.74, 6) is 0.242. The number of ether oxygens (including phenoxy) is 1. The van der Waals surface area contributed by atoms with Crippen LogP contribution in [0.15, 0.2) is 11.1 Å². The number of aromatic amines is 1. The standard InChI is InChI=1S/C12H19N4O14P3/c1-5-14-10-7(11(19)15-5)13-4-16(10)12-9(18)8(17)6(28-12)3-27-33(25,26-2)30-32(23,24)29-31(20,21)22/h4,6,8-9,12,17-18H,3H2,1-2H3,(H,23,24)(H,14,15,19)(H2,20,21,22)/t6-,8?,9+,12-,33?/m1/s1. The van der Waals surface area contributed by atoms with Crippen molar-refractivity contribution in [3.05, 3.63) is 22.5 Å². The van der Waals surface area contributed by atoms with Gasteiger partial charge in [-0.3, -0.25) is 18.4 Å². The average molecular weight is 536 g/mol. The zero-order chi connectivity index (χ0) is 24.8. The first-order valence-corrected chi connectivity index (χ1v) is 13.2. The Balaban J connectivity index is 1.75. The van der Waals surface area contributed by atoms with Crippen molar-refractivity contribution in [2.75, 3.05) is 13.7 Å². The average Bonchev–Trinajstić information content (AvgIpc) is 3.20. The van der Waals surface area contributed by atoms with Crippen molar-refractivity contribution in [3.63, 3.8) is 0 Å². The fourth-order valence-corrected chi connectivity index (χ4v) is 6.23. The van der Waals surface area contributed by atoms with E-state index in [9.17, 15) is 33.6 Å². The lowest BCUT2D eigenvalue weighted by molar-refractivity contribution is -0.0508. The molecule has 3 rings (SSSR count). The Morgan fingerprint density at radius 2 is 1.85 bits per heavy atom. The topological polar surface area (TPSA) is 262 Å². The smallest absolute Gasteiger partial charge is 0.387 e. The molecule has 21 heteroatoms. The third kappa shape index (κ3) is 6.01. The number of H-pyrrole nitrogens is 1. The molecule has 1 aliphatic heterocycles. The van der Waals surface area contributed by atoms with Crippen LogP contribution in [-0.2, 0) is 36.1 Å². The summed E-state index contributed by atoms with van der Waals surface area (Å²) in [6.07, 6.45) is -4.87. The largest absolute Gasteiger partial charge is 0.490 e. The number of nitrogens with zero attached hydrogens (tertiary/aromatic N) is 3. The van der Waals surface area contributed by atoms with Gasteiger partial charge in [0, 0.05) is 7.11 Å². The van der Waals surface area contributed by atoms with Crippen LogP contribution in [0.5, 0.6) is 0 Å². The molecule has 1 saturated heterocycles. The second-order valence-electron chi connectivity index (χ2n) is 6.57. The number of aliphatic hydroxyl groups excluding tert-OH is 2. The van der Waals surface area contributed by atoms with Crippen molar-refractivity contribution in [1.29, 1.82) is 0 Å². The summed E-state index contributed by atoms with van der Waals surface area (Å²) in [5, 5.41) is 20.7. The van der Waals surface area contributed by atoms with E-state index in [2.05, 4.69) is 28.1 Å². The van der Waals surface area contributed by atoms with E-state index in [4.69, 9.17) is 19.0 Å². The van der Waals surface area contributed by atoms with Crippen LogP contribution in [0.1, 0.15) is 12.1 Å². The molecule has 3 heterocycles. The van der Waals surface area contributed by atoms with E-state index in [1.807, 2.05) is 0 Å². The molecule has 2 aromatic heterocycles. The van der Waals surface area contributed by atoms with Gasteiger partial charge in [-0.1, -0.05) is 0 Å². The predicted molar refractivity (Wildman–Crippen MR) is 103 cm³/mol. The van der Waals surface area contributed by atoms with Gasteiger partial charge in [-0.2, -0.15) is 8.62 Å². The maximum atomic E-state index is 12.4. The summed E-state index contributed by atoms with van der Waals surface area (Å²) < 4.78 is 58.2. The number of aromatic nitrogens is 4. The Labute approximate surface area is 183 Å². The van der Waals surface area contributed by atoms with Crippen LogP contribution in [0, 0.1) is 6.92 Å². The lowest BCUT2D eigenvalue weighted by Gasteiger charge is -2.21. The highest BCUT2D eigenvalue weighted by Gasteiger charge is 2.47. The van der Waals surface area contributed by atoms with Crippen molar-refractivity contribution < 1.29 is 61.0 Å². The minimum Gasteiger partial charge on any atom is -0.387 e. The summed E-state index contributed by atoms with van der Waals surface area (Å²) >= 11 is 0. The normalized spacial score (nSPS) is 27.5. The van der Waals surface area contributed by atoms with Gasteiger partial charge in [0.15, 0.2) is 17.4 Å². The van der Waals surface area contributed by atoms with Crippen molar-refractivity contribution in [1.82, 2.24) is 19.5 Å². The lowest BCUT2D eigenvalue weighted by atomic mass is 10.1. The molecule has 1 aliphatic rings. The maximum absolute atomic E-state index is 12.4. The highest BCUT2D eigenvalue weighted by molar-refractivity contribution is 7.66. The van der Waals surface area contributed by atoms with Crippen LogP contribution in [0.4, 0.5) is 0 Å². The molecule has 0 amide bonds. The molecule has 0 saturated carbocycles. The molecule has 6 N–H and O–H groups in total. The van der Waals surface area contributed by atoms with Gasteiger partial charge in [0.25, 0.3) is 5.56 Å². The molecule has 0 aromatic carbocycles. The molecule has 0 bridgehead atoms. The van der Waals surface area contributed by atoms with Gasteiger partial charge in [0.2, 0.25) is 0 Å². The van der Waals surface area contributed by atoms with Crippen LogP contribution >= 0.6 is 23.5 Å². The van der Waals surface area contributed by atoms with Gasteiger partial charge >= 0.3 is 23.5 Å². The van der Waals surface area contributed by atoms with Crippen molar-refractivity contribution in [3.8, 4) is 0 Å². The summed E-state index contributed by atoms with van der Waals surface area (Å²) in [4.78, 5) is 49.0.